The van der Waals surface area contributed by atoms with E-state index in [1.165, 1.54) is 24.1 Å². The molecule has 2 aromatic carbocycles. The summed E-state index contributed by atoms with van der Waals surface area (Å²) in [4.78, 5) is 7.26. The summed E-state index contributed by atoms with van der Waals surface area (Å²) in [7, 11) is 0. The summed E-state index contributed by atoms with van der Waals surface area (Å²) in [6.45, 7) is 8.37. The Morgan fingerprint density at radius 1 is 1.29 bits per heavy atom. The molecule has 2 heterocycles. The molecule has 5 rings (SSSR count). The second-order valence-corrected chi connectivity index (χ2v) is 8.61. The monoisotopic (exact) mass is 414 g/mol. The molecule has 0 saturated carbocycles. The Morgan fingerprint density at radius 3 is 2.94 bits per heavy atom. The highest BCUT2D eigenvalue weighted by atomic mass is 16.5. The van der Waals surface area contributed by atoms with E-state index in [2.05, 4.69) is 46.2 Å². The van der Waals surface area contributed by atoms with Crippen LogP contribution in [0.25, 0.3) is 22.8 Å². The second-order valence-electron chi connectivity index (χ2n) is 8.61. The van der Waals surface area contributed by atoms with Gasteiger partial charge < -0.3 is 9.26 Å². The van der Waals surface area contributed by atoms with Crippen LogP contribution in [-0.4, -0.2) is 34.2 Å². The summed E-state index contributed by atoms with van der Waals surface area (Å²) in [5.41, 5.74) is 4.99. The first kappa shape index (κ1) is 19.8. The molecule has 1 aliphatic carbocycles. The quantitative estimate of drug-likeness (QED) is 0.585. The van der Waals surface area contributed by atoms with Gasteiger partial charge in [0, 0.05) is 17.2 Å². The summed E-state index contributed by atoms with van der Waals surface area (Å²) >= 11 is 0. The first-order valence-corrected chi connectivity index (χ1v) is 11.0. The van der Waals surface area contributed by atoms with E-state index >= 15 is 0 Å². The van der Waals surface area contributed by atoms with Gasteiger partial charge in [-0.25, -0.2) is 0 Å². The van der Waals surface area contributed by atoms with Crippen LogP contribution in [0.1, 0.15) is 49.9 Å². The van der Waals surface area contributed by atoms with Crippen LogP contribution in [0.3, 0.4) is 0 Å². The normalized spacial score (nSPS) is 20.0. The third-order valence-electron chi connectivity index (χ3n) is 6.41. The fraction of sp³-hybridized carbons (Fsp3) is 0.400. The predicted molar refractivity (Wildman–Crippen MR) is 117 cm³/mol. The lowest BCUT2D eigenvalue weighted by Gasteiger charge is -2.23. The van der Waals surface area contributed by atoms with Gasteiger partial charge in [0.05, 0.1) is 11.7 Å². The molecule has 0 N–H and O–H groups in total. The van der Waals surface area contributed by atoms with Crippen LogP contribution >= 0.6 is 0 Å². The maximum Gasteiger partial charge on any atom is 0.258 e. The van der Waals surface area contributed by atoms with Crippen molar-refractivity contribution in [3.05, 3.63) is 53.1 Å². The van der Waals surface area contributed by atoms with Gasteiger partial charge in [0.1, 0.15) is 11.8 Å². The van der Waals surface area contributed by atoms with Crippen LogP contribution in [0, 0.1) is 17.2 Å². The fourth-order valence-corrected chi connectivity index (χ4v) is 5.08. The highest BCUT2D eigenvalue weighted by Crippen LogP contribution is 2.48. The molecule has 1 saturated heterocycles. The summed E-state index contributed by atoms with van der Waals surface area (Å²) < 4.78 is 11.3. The minimum Gasteiger partial charge on any atom is -0.490 e. The molecule has 1 aliphatic heterocycles. The lowest BCUT2D eigenvalue weighted by molar-refractivity contribution is 0.241. The number of nitriles is 1. The minimum atomic E-state index is -0.00346. The molecule has 0 amide bonds. The largest absolute Gasteiger partial charge is 0.490 e. The summed E-state index contributed by atoms with van der Waals surface area (Å²) in [5, 5.41) is 13.8. The lowest BCUT2D eigenvalue weighted by Crippen LogP contribution is -2.23. The van der Waals surface area contributed by atoms with E-state index in [0.717, 1.165) is 18.5 Å². The van der Waals surface area contributed by atoms with Gasteiger partial charge in [-0.05, 0) is 75.0 Å². The van der Waals surface area contributed by atoms with Crippen LogP contribution in [0.4, 0.5) is 0 Å². The van der Waals surface area contributed by atoms with E-state index in [0.29, 0.717) is 40.6 Å². The molecule has 0 bridgehead atoms. The maximum absolute atomic E-state index is 9.51. The van der Waals surface area contributed by atoms with Crippen LogP contribution < -0.4 is 4.74 Å². The number of aromatic nitrogens is 2. The van der Waals surface area contributed by atoms with Gasteiger partial charge in [0.2, 0.25) is 5.82 Å². The van der Waals surface area contributed by atoms with Crippen molar-refractivity contribution in [3.8, 4) is 34.7 Å². The zero-order valence-electron chi connectivity index (χ0n) is 18.1. The molecular formula is C25H26N4O2. The van der Waals surface area contributed by atoms with Crippen LogP contribution in [0.15, 0.2) is 40.9 Å². The summed E-state index contributed by atoms with van der Waals surface area (Å²) in [5.74, 6) is 2.26. The predicted octanol–water partition coefficient (Wildman–Crippen LogP) is 5.00. The highest BCUT2D eigenvalue weighted by molar-refractivity contribution is 5.67. The van der Waals surface area contributed by atoms with Crippen LogP contribution in [0.2, 0.25) is 0 Å². The molecule has 3 aromatic rings. The number of benzene rings is 2. The molecule has 1 fully saturated rings. The molecule has 0 unspecified atom stereocenters. The zero-order valence-corrected chi connectivity index (χ0v) is 18.1. The Labute approximate surface area is 182 Å². The smallest absolute Gasteiger partial charge is 0.258 e. The standard InChI is InChI=1S/C25H26N4O2/c1-4-29-11-10-16-13-21-19(23(16)29)6-5-7-20(21)24-27-25(31-28-24)17-8-9-22(30-15(2)3)18(12-17)14-26/h5-9,12,15-16,23H,4,10-11,13H2,1-3H3/t16-,23-/m1/s1. The minimum absolute atomic E-state index is 0.00346. The second kappa shape index (κ2) is 7.82. The fourth-order valence-electron chi connectivity index (χ4n) is 5.08. The molecular weight excluding hydrogens is 388 g/mol. The SMILES string of the molecule is CCN1CC[C@@H]2Cc3c(-c4noc(-c5ccc(OC(C)C)c(C#N)c5)n4)cccc3[C@@H]21. The zero-order chi connectivity index (χ0) is 21.5. The van der Waals surface area contributed by atoms with Crippen molar-refractivity contribution in [2.75, 3.05) is 13.1 Å². The third-order valence-corrected chi connectivity index (χ3v) is 6.41. The Balaban J connectivity index is 1.48. The maximum atomic E-state index is 9.51. The average Bonchev–Trinajstić information content (AvgIpc) is 3.48. The average molecular weight is 415 g/mol. The topological polar surface area (TPSA) is 75.2 Å². The van der Waals surface area contributed by atoms with E-state index in [4.69, 9.17) is 9.26 Å². The van der Waals surface area contributed by atoms with Crippen molar-refractivity contribution in [1.82, 2.24) is 15.0 Å². The molecule has 6 nitrogen and oxygen atoms in total. The van der Waals surface area contributed by atoms with Crippen molar-refractivity contribution < 1.29 is 9.26 Å². The summed E-state index contributed by atoms with van der Waals surface area (Å²) in [6.07, 6.45) is 2.30. The van der Waals surface area contributed by atoms with Crippen LogP contribution in [-0.2, 0) is 6.42 Å². The number of likely N-dealkylation sites (tertiary alicyclic amines) is 1. The van der Waals surface area contributed by atoms with Crippen molar-refractivity contribution in [2.45, 2.75) is 45.8 Å². The van der Waals surface area contributed by atoms with E-state index in [1.54, 1.807) is 12.1 Å². The number of fused-ring (bicyclic) bond motifs is 3. The molecule has 6 heteroatoms. The highest BCUT2D eigenvalue weighted by Gasteiger charge is 2.41. The molecule has 0 radical (unpaired) electrons. The van der Waals surface area contributed by atoms with Crippen molar-refractivity contribution in [2.24, 2.45) is 5.92 Å². The number of hydrogen-bond acceptors (Lipinski definition) is 6. The van der Waals surface area contributed by atoms with Gasteiger partial charge in [-0.1, -0.05) is 30.3 Å². The third kappa shape index (κ3) is 3.39. The Morgan fingerprint density at radius 2 is 2.16 bits per heavy atom. The molecule has 2 atom stereocenters. The van der Waals surface area contributed by atoms with E-state index < -0.39 is 0 Å². The molecule has 1 aromatic heterocycles. The first-order chi connectivity index (χ1) is 15.1. The first-order valence-electron chi connectivity index (χ1n) is 11.0. The molecule has 31 heavy (non-hydrogen) atoms. The van der Waals surface area contributed by atoms with Gasteiger partial charge in [0.15, 0.2) is 0 Å². The van der Waals surface area contributed by atoms with Crippen molar-refractivity contribution in [1.29, 1.82) is 5.26 Å². The lowest BCUT2D eigenvalue weighted by atomic mass is 10.0. The molecule has 158 valence electrons. The van der Waals surface area contributed by atoms with E-state index in [-0.39, 0.29) is 6.10 Å². The summed E-state index contributed by atoms with van der Waals surface area (Å²) in [6, 6.07) is 14.5. The van der Waals surface area contributed by atoms with Crippen molar-refractivity contribution in [3.63, 3.8) is 0 Å². The van der Waals surface area contributed by atoms with E-state index in [1.807, 2.05) is 19.9 Å². The van der Waals surface area contributed by atoms with Gasteiger partial charge in [0.25, 0.3) is 5.89 Å². The van der Waals surface area contributed by atoms with Crippen molar-refractivity contribution >= 4 is 0 Å². The number of hydrogen-bond donors (Lipinski definition) is 0. The van der Waals surface area contributed by atoms with E-state index in [9.17, 15) is 5.26 Å². The Bertz CT molecular complexity index is 1160. The van der Waals surface area contributed by atoms with Gasteiger partial charge in [-0.3, -0.25) is 4.90 Å². The molecule has 2 aliphatic rings. The Hall–Kier alpha value is -3.17. The van der Waals surface area contributed by atoms with Crippen LogP contribution in [0.5, 0.6) is 5.75 Å². The number of ether oxygens (including phenoxy) is 1. The van der Waals surface area contributed by atoms with Gasteiger partial charge >= 0.3 is 0 Å². The van der Waals surface area contributed by atoms with Gasteiger partial charge in [-0.2, -0.15) is 10.2 Å². The Kier molecular flexibility index (Phi) is 4.99. The number of nitrogens with zero attached hydrogens (tertiary/aromatic N) is 4. The molecule has 0 spiro atoms. The van der Waals surface area contributed by atoms with Gasteiger partial charge in [-0.15, -0.1) is 0 Å². The number of rotatable bonds is 5.